The number of hydrogen-bond donors (Lipinski definition) is 4. The summed E-state index contributed by atoms with van der Waals surface area (Å²) < 4.78 is 10.4. The molecule has 2 aromatic carbocycles. The van der Waals surface area contributed by atoms with Crippen LogP contribution in [0.4, 0.5) is 0 Å². The Morgan fingerprint density at radius 3 is 2.37 bits per heavy atom. The van der Waals surface area contributed by atoms with Crippen molar-refractivity contribution in [2.24, 2.45) is 17.4 Å². The predicted molar refractivity (Wildman–Crippen MR) is 141 cm³/mol. The van der Waals surface area contributed by atoms with Crippen LogP contribution in [0.2, 0.25) is 0 Å². The van der Waals surface area contributed by atoms with Gasteiger partial charge >= 0.3 is 5.97 Å². The summed E-state index contributed by atoms with van der Waals surface area (Å²) >= 11 is 0. The van der Waals surface area contributed by atoms with Crippen molar-refractivity contribution in [1.29, 1.82) is 0 Å². The van der Waals surface area contributed by atoms with Gasteiger partial charge < -0.3 is 26.3 Å². The van der Waals surface area contributed by atoms with E-state index < -0.39 is 11.9 Å². The van der Waals surface area contributed by atoms with Gasteiger partial charge in [0, 0.05) is 12.6 Å². The number of para-hydroxylation sites is 1. The third-order valence-electron chi connectivity index (χ3n) is 7.16. The summed E-state index contributed by atoms with van der Waals surface area (Å²) in [6, 6.07) is 14.1. The molecule has 1 aliphatic heterocycles. The normalized spacial score (nSPS) is 21.2. The first-order chi connectivity index (χ1) is 18.3. The van der Waals surface area contributed by atoms with Gasteiger partial charge in [0.15, 0.2) is 0 Å². The molecule has 0 radical (unpaired) electrons. The van der Waals surface area contributed by atoms with Crippen LogP contribution in [-0.4, -0.2) is 42.6 Å². The van der Waals surface area contributed by atoms with E-state index in [1.165, 1.54) is 7.11 Å². The molecule has 1 aliphatic carbocycles. The first-order valence-corrected chi connectivity index (χ1v) is 12.9. The Balaban J connectivity index is 1.41. The fourth-order valence-corrected chi connectivity index (χ4v) is 5.13. The van der Waals surface area contributed by atoms with Crippen molar-refractivity contribution in [3.05, 3.63) is 76.6 Å². The summed E-state index contributed by atoms with van der Waals surface area (Å²) in [5.74, 6) is -0.259. The van der Waals surface area contributed by atoms with Gasteiger partial charge in [-0.15, -0.1) is 0 Å². The molecular formula is C28H35N5O5. The number of benzene rings is 2. The lowest BCUT2D eigenvalue weighted by atomic mass is 9.86. The molecule has 2 aliphatic rings. The molecule has 1 heterocycles. The number of hydrogen-bond acceptors (Lipinski definition) is 8. The molecule has 10 nitrogen and oxygen atoms in total. The summed E-state index contributed by atoms with van der Waals surface area (Å²) in [5.41, 5.74) is 18.0. The van der Waals surface area contributed by atoms with Gasteiger partial charge in [-0.1, -0.05) is 36.4 Å². The average molecular weight is 522 g/mol. The number of carbonyl (C=O) groups is 3. The minimum Gasteiger partial charge on any atom is -0.496 e. The third-order valence-corrected chi connectivity index (χ3v) is 7.16. The van der Waals surface area contributed by atoms with Crippen molar-refractivity contribution in [2.75, 3.05) is 13.7 Å². The first-order valence-electron chi connectivity index (χ1n) is 12.9. The van der Waals surface area contributed by atoms with E-state index in [4.69, 9.17) is 20.9 Å². The number of methoxy groups -OCH3 is 1. The summed E-state index contributed by atoms with van der Waals surface area (Å²) in [4.78, 5) is 37.1. The van der Waals surface area contributed by atoms with Crippen LogP contribution in [0.25, 0.3) is 0 Å². The zero-order valence-electron chi connectivity index (χ0n) is 21.7. The highest BCUT2D eigenvalue weighted by molar-refractivity contribution is 5.97. The standard InChI is InChI=1S/C28H35N5O5/c1-3-38-28(36)19-12-14-20(15-13-19)33-25(29)23(26(30)34)24(32-33)18-10-8-17(9-11-18)16-31-27(35)21-6-4-5-7-22(21)37-2/h4-11,19-20,24,32H,3,12-16,29H2,1-2H3,(H2,30,34)(H,31,35). The van der Waals surface area contributed by atoms with E-state index in [9.17, 15) is 14.4 Å². The highest BCUT2D eigenvalue weighted by Crippen LogP contribution is 2.36. The second-order valence-corrected chi connectivity index (χ2v) is 9.48. The molecule has 1 fully saturated rings. The molecule has 10 heteroatoms. The Bertz CT molecular complexity index is 1200. The maximum Gasteiger partial charge on any atom is 0.308 e. The molecule has 1 unspecified atom stereocenters. The molecule has 2 amide bonds. The Kier molecular flexibility index (Phi) is 8.52. The van der Waals surface area contributed by atoms with E-state index in [-0.39, 0.29) is 23.8 Å². The Labute approximate surface area is 222 Å². The molecule has 0 saturated heterocycles. The van der Waals surface area contributed by atoms with E-state index >= 15 is 0 Å². The number of rotatable bonds is 9. The third kappa shape index (κ3) is 5.75. The van der Waals surface area contributed by atoms with Gasteiger partial charge in [0.05, 0.1) is 36.8 Å². The van der Waals surface area contributed by atoms with Gasteiger partial charge in [-0.3, -0.25) is 19.4 Å². The number of ether oxygens (including phenoxy) is 2. The fraction of sp³-hybridized carbons (Fsp3) is 0.393. The molecule has 1 saturated carbocycles. The lowest BCUT2D eigenvalue weighted by Gasteiger charge is -2.35. The number of nitrogens with one attached hydrogen (secondary N) is 2. The number of esters is 1. The minimum atomic E-state index is -0.587. The second-order valence-electron chi connectivity index (χ2n) is 9.48. The molecule has 2 aromatic rings. The molecule has 1 atom stereocenters. The molecule has 6 N–H and O–H groups in total. The summed E-state index contributed by atoms with van der Waals surface area (Å²) in [5, 5.41) is 4.73. The lowest BCUT2D eigenvalue weighted by molar-refractivity contribution is -0.149. The van der Waals surface area contributed by atoms with Crippen LogP contribution in [-0.2, 0) is 20.9 Å². The summed E-state index contributed by atoms with van der Waals surface area (Å²) in [6.45, 7) is 2.50. The van der Waals surface area contributed by atoms with Crippen LogP contribution in [0.3, 0.4) is 0 Å². The number of carbonyl (C=O) groups excluding carboxylic acids is 3. The van der Waals surface area contributed by atoms with Gasteiger partial charge in [-0.05, 0) is 55.9 Å². The Hall–Kier alpha value is -4.05. The second kappa shape index (κ2) is 12.0. The summed E-state index contributed by atoms with van der Waals surface area (Å²) in [7, 11) is 1.53. The zero-order valence-corrected chi connectivity index (χ0v) is 21.7. The monoisotopic (exact) mass is 521 g/mol. The van der Waals surface area contributed by atoms with Crippen LogP contribution >= 0.6 is 0 Å². The van der Waals surface area contributed by atoms with Crippen LogP contribution in [0.15, 0.2) is 59.9 Å². The van der Waals surface area contributed by atoms with Crippen molar-refractivity contribution in [1.82, 2.24) is 15.8 Å². The topological polar surface area (TPSA) is 149 Å². The maximum atomic E-state index is 12.6. The number of hydrazine groups is 1. The van der Waals surface area contributed by atoms with Crippen molar-refractivity contribution in [3.8, 4) is 5.75 Å². The van der Waals surface area contributed by atoms with Crippen molar-refractivity contribution < 1.29 is 23.9 Å². The number of amides is 2. The quantitative estimate of drug-likeness (QED) is 0.367. The van der Waals surface area contributed by atoms with E-state index in [0.29, 0.717) is 48.7 Å². The van der Waals surface area contributed by atoms with Crippen LogP contribution < -0.4 is 26.9 Å². The van der Waals surface area contributed by atoms with Crippen LogP contribution in [0, 0.1) is 5.92 Å². The number of nitrogens with zero attached hydrogens (tertiary/aromatic N) is 1. The molecule has 4 rings (SSSR count). The van der Waals surface area contributed by atoms with Gasteiger partial charge in [-0.2, -0.15) is 0 Å². The predicted octanol–water partition coefficient (Wildman–Crippen LogP) is 2.26. The van der Waals surface area contributed by atoms with Crippen molar-refractivity contribution >= 4 is 17.8 Å². The van der Waals surface area contributed by atoms with Gasteiger partial charge in [0.25, 0.3) is 5.91 Å². The average Bonchev–Trinajstić information content (AvgIpc) is 3.29. The van der Waals surface area contributed by atoms with Crippen molar-refractivity contribution in [3.63, 3.8) is 0 Å². The molecule has 0 bridgehead atoms. The van der Waals surface area contributed by atoms with E-state index in [2.05, 4.69) is 10.7 Å². The Morgan fingerprint density at radius 2 is 1.74 bits per heavy atom. The Morgan fingerprint density at radius 1 is 1.05 bits per heavy atom. The van der Waals surface area contributed by atoms with Gasteiger partial charge in [0.1, 0.15) is 11.6 Å². The van der Waals surface area contributed by atoms with Gasteiger partial charge in [-0.25, -0.2) is 5.43 Å². The first kappa shape index (κ1) is 27.0. The molecule has 38 heavy (non-hydrogen) atoms. The SMILES string of the molecule is CCOC(=O)C1CCC(N2NC(c3ccc(CNC(=O)c4ccccc4OC)cc3)C(C(N)=O)=C2N)CC1. The van der Waals surface area contributed by atoms with E-state index in [1.54, 1.807) is 25.1 Å². The molecule has 0 spiro atoms. The number of nitrogens with two attached hydrogens (primary N) is 2. The van der Waals surface area contributed by atoms with Crippen LogP contribution in [0.1, 0.15) is 60.1 Å². The van der Waals surface area contributed by atoms with E-state index in [0.717, 1.165) is 24.0 Å². The smallest absolute Gasteiger partial charge is 0.308 e. The fourth-order valence-electron chi connectivity index (χ4n) is 5.13. The molecule has 0 aromatic heterocycles. The molecular weight excluding hydrogens is 486 g/mol. The largest absolute Gasteiger partial charge is 0.496 e. The molecule has 202 valence electrons. The lowest BCUT2D eigenvalue weighted by Crippen LogP contribution is -2.46. The van der Waals surface area contributed by atoms with Crippen molar-refractivity contribution in [2.45, 2.75) is 51.2 Å². The number of primary amides is 1. The summed E-state index contributed by atoms with van der Waals surface area (Å²) in [6.07, 6.45) is 2.86. The minimum absolute atomic E-state index is 0.0319. The maximum absolute atomic E-state index is 12.6. The highest BCUT2D eigenvalue weighted by atomic mass is 16.5. The van der Waals surface area contributed by atoms with Gasteiger partial charge in [0.2, 0.25) is 5.91 Å². The van der Waals surface area contributed by atoms with E-state index in [1.807, 2.05) is 35.3 Å². The highest BCUT2D eigenvalue weighted by Gasteiger charge is 2.39. The zero-order chi connectivity index (χ0) is 27.2. The van der Waals surface area contributed by atoms with Crippen LogP contribution in [0.5, 0.6) is 5.75 Å².